The van der Waals surface area contributed by atoms with Gasteiger partial charge in [0.2, 0.25) is 0 Å². The fourth-order valence-corrected chi connectivity index (χ4v) is 3.71. The first-order chi connectivity index (χ1) is 12.2. The number of esters is 1. The summed E-state index contributed by atoms with van der Waals surface area (Å²) in [5.74, 6) is -0.361. The zero-order valence-corrected chi connectivity index (χ0v) is 14.9. The van der Waals surface area contributed by atoms with E-state index in [0.29, 0.717) is 17.9 Å². The number of thiazole rings is 1. The number of nitrogens with one attached hydrogen (secondary N) is 1. The van der Waals surface area contributed by atoms with Gasteiger partial charge < -0.3 is 15.0 Å². The maximum atomic E-state index is 12.7. The summed E-state index contributed by atoms with van der Waals surface area (Å²) in [6.07, 6.45) is 4.81. The van der Waals surface area contributed by atoms with Crippen LogP contribution in [0.5, 0.6) is 0 Å². The third kappa shape index (κ3) is 4.17. The molecule has 1 aromatic carbocycles. The highest BCUT2D eigenvalue weighted by atomic mass is 32.1. The van der Waals surface area contributed by atoms with Crippen LogP contribution < -0.4 is 5.32 Å². The molecule has 2 amide bonds. The highest BCUT2D eigenvalue weighted by molar-refractivity contribution is 7.09. The molecule has 3 rings (SSSR count). The summed E-state index contributed by atoms with van der Waals surface area (Å²) in [6.45, 7) is 2.82. The van der Waals surface area contributed by atoms with E-state index in [1.807, 2.05) is 10.3 Å². The average molecular weight is 359 g/mol. The van der Waals surface area contributed by atoms with Crippen molar-refractivity contribution in [2.24, 2.45) is 0 Å². The van der Waals surface area contributed by atoms with Gasteiger partial charge in [-0.3, -0.25) is 0 Å². The molecule has 1 aromatic heterocycles. The van der Waals surface area contributed by atoms with Gasteiger partial charge in [0, 0.05) is 23.8 Å². The number of urea groups is 1. The van der Waals surface area contributed by atoms with Crippen molar-refractivity contribution in [1.82, 2.24) is 9.88 Å². The standard InChI is InChI=1S/C18H21N3O3S/c1-2-24-17(22)13-6-8-14(9-7-13)20-18(23)21-11-4-3-5-15(21)16-19-10-12-25-16/h6-10,12,15H,2-5,11H2,1H3,(H,20,23)/t15-/m0/s1. The summed E-state index contributed by atoms with van der Waals surface area (Å²) >= 11 is 1.58. The molecule has 1 atom stereocenters. The van der Waals surface area contributed by atoms with E-state index in [1.165, 1.54) is 0 Å². The maximum absolute atomic E-state index is 12.7. The largest absolute Gasteiger partial charge is 0.462 e. The number of rotatable bonds is 4. The number of carbonyl (C=O) groups excluding carboxylic acids is 2. The summed E-state index contributed by atoms with van der Waals surface area (Å²) < 4.78 is 4.96. The van der Waals surface area contributed by atoms with Gasteiger partial charge in [-0.2, -0.15) is 0 Å². The lowest BCUT2D eigenvalue weighted by molar-refractivity contribution is 0.0526. The van der Waals surface area contributed by atoms with Crippen molar-refractivity contribution < 1.29 is 14.3 Å². The van der Waals surface area contributed by atoms with Gasteiger partial charge in [-0.25, -0.2) is 14.6 Å². The summed E-state index contributed by atoms with van der Waals surface area (Å²) in [4.78, 5) is 30.6. The number of likely N-dealkylation sites (tertiary alicyclic amines) is 1. The van der Waals surface area contributed by atoms with E-state index in [1.54, 1.807) is 48.7 Å². The highest BCUT2D eigenvalue weighted by Crippen LogP contribution is 2.32. The van der Waals surface area contributed by atoms with Crippen molar-refractivity contribution in [3.05, 3.63) is 46.4 Å². The number of ether oxygens (including phenoxy) is 1. The van der Waals surface area contributed by atoms with Crippen LogP contribution in [0.2, 0.25) is 0 Å². The van der Waals surface area contributed by atoms with Crippen LogP contribution in [0.3, 0.4) is 0 Å². The monoisotopic (exact) mass is 359 g/mol. The first-order valence-corrected chi connectivity index (χ1v) is 9.31. The third-order valence-electron chi connectivity index (χ3n) is 4.15. The molecule has 1 saturated heterocycles. The van der Waals surface area contributed by atoms with Crippen molar-refractivity contribution in [3.63, 3.8) is 0 Å². The quantitative estimate of drug-likeness (QED) is 0.835. The second-order valence-corrected chi connectivity index (χ2v) is 6.73. The number of piperidine rings is 1. The number of hydrogen-bond donors (Lipinski definition) is 1. The molecule has 7 heteroatoms. The maximum Gasteiger partial charge on any atom is 0.338 e. The number of aromatic nitrogens is 1. The molecule has 1 fully saturated rings. The molecule has 0 saturated carbocycles. The highest BCUT2D eigenvalue weighted by Gasteiger charge is 2.29. The zero-order valence-electron chi connectivity index (χ0n) is 14.1. The van der Waals surface area contributed by atoms with E-state index < -0.39 is 0 Å². The molecule has 2 heterocycles. The average Bonchev–Trinajstić information content (AvgIpc) is 3.17. The Labute approximate surface area is 150 Å². The van der Waals surface area contributed by atoms with Gasteiger partial charge in [0.25, 0.3) is 0 Å². The van der Waals surface area contributed by atoms with Crippen LogP contribution in [0.15, 0.2) is 35.8 Å². The molecule has 0 radical (unpaired) electrons. The van der Waals surface area contributed by atoms with E-state index in [9.17, 15) is 9.59 Å². The third-order valence-corrected chi connectivity index (χ3v) is 5.02. The Balaban J connectivity index is 1.67. The van der Waals surface area contributed by atoms with Gasteiger partial charge in [0.15, 0.2) is 0 Å². The summed E-state index contributed by atoms with van der Waals surface area (Å²) in [5.41, 5.74) is 1.12. The van der Waals surface area contributed by atoms with Gasteiger partial charge >= 0.3 is 12.0 Å². The van der Waals surface area contributed by atoms with Gasteiger partial charge in [-0.05, 0) is 50.5 Å². The zero-order chi connectivity index (χ0) is 17.6. The molecule has 0 unspecified atom stereocenters. The minimum Gasteiger partial charge on any atom is -0.462 e. The molecule has 132 valence electrons. The summed E-state index contributed by atoms with van der Waals surface area (Å²) in [5, 5.41) is 5.83. The number of amides is 2. The van der Waals surface area contributed by atoms with Crippen LogP contribution in [-0.2, 0) is 4.74 Å². The number of nitrogens with zero attached hydrogens (tertiary/aromatic N) is 2. The van der Waals surface area contributed by atoms with E-state index in [-0.39, 0.29) is 18.0 Å². The second-order valence-electron chi connectivity index (χ2n) is 5.80. The Hall–Kier alpha value is -2.41. The molecule has 0 aliphatic carbocycles. The van der Waals surface area contributed by atoms with Crippen LogP contribution >= 0.6 is 11.3 Å². The summed E-state index contributed by atoms with van der Waals surface area (Å²) in [6, 6.07) is 6.64. The lowest BCUT2D eigenvalue weighted by Crippen LogP contribution is -2.41. The number of hydrogen-bond acceptors (Lipinski definition) is 5. The predicted molar refractivity (Wildman–Crippen MR) is 96.8 cm³/mol. The Kier molecular flexibility index (Phi) is 5.65. The molecule has 0 spiro atoms. The SMILES string of the molecule is CCOC(=O)c1ccc(NC(=O)N2CCCC[C@H]2c2nccs2)cc1. The van der Waals surface area contributed by atoms with Gasteiger partial charge in [0.05, 0.1) is 18.2 Å². The smallest absolute Gasteiger partial charge is 0.338 e. The second kappa shape index (κ2) is 8.11. The number of benzene rings is 1. The van der Waals surface area contributed by atoms with E-state index in [0.717, 1.165) is 30.8 Å². The van der Waals surface area contributed by atoms with Crippen LogP contribution in [0.4, 0.5) is 10.5 Å². The van der Waals surface area contributed by atoms with Crippen molar-refractivity contribution in [2.45, 2.75) is 32.2 Å². The summed E-state index contributed by atoms with van der Waals surface area (Å²) in [7, 11) is 0. The molecule has 1 aliphatic rings. The van der Waals surface area contributed by atoms with Crippen LogP contribution in [0.1, 0.15) is 47.6 Å². The van der Waals surface area contributed by atoms with Crippen molar-refractivity contribution in [1.29, 1.82) is 0 Å². The van der Waals surface area contributed by atoms with Gasteiger partial charge in [-0.15, -0.1) is 11.3 Å². The molecule has 2 aromatic rings. The lowest BCUT2D eigenvalue weighted by Gasteiger charge is -2.34. The minimum absolute atomic E-state index is 0.0348. The van der Waals surface area contributed by atoms with Crippen molar-refractivity contribution in [3.8, 4) is 0 Å². The molecular weight excluding hydrogens is 338 g/mol. The Bertz CT molecular complexity index is 716. The van der Waals surface area contributed by atoms with Crippen LogP contribution in [0, 0.1) is 0 Å². The molecule has 6 nitrogen and oxygen atoms in total. The van der Waals surface area contributed by atoms with E-state index in [2.05, 4.69) is 10.3 Å². The van der Waals surface area contributed by atoms with Gasteiger partial charge in [-0.1, -0.05) is 0 Å². The minimum atomic E-state index is -0.361. The van der Waals surface area contributed by atoms with E-state index >= 15 is 0 Å². The van der Waals surface area contributed by atoms with Crippen LogP contribution in [-0.4, -0.2) is 35.0 Å². The number of anilines is 1. The Morgan fingerprint density at radius 3 is 2.80 bits per heavy atom. The fourth-order valence-electron chi connectivity index (χ4n) is 2.93. The van der Waals surface area contributed by atoms with Gasteiger partial charge in [0.1, 0.15) is 5.01 Å². The van der Waals surface area contributed by atoms with E-state index in [4.69, 9.17) is 4.74 Å². The first-order valence-electron chi connectivity index (χ1n) is 8.43. The molecular formula is C18H21N3O3S. The van der Waals surface area contributed by atoms with Crippen LogP contribution in [0.25, 0.3) is 0 Å². The topological polar surface area (TPSA) is 71.5 Å². The predicted octanol–water partition coefficient (Wildman–Crippen LogP) is 4.08. The fraction of sp³-hybridized carbons (Fsp3) is 0.389. The van der Waals surface area contributed by atoms with Crippen molar-refractivity contribution >= 4 is 29.0 Å². The molecule has 1 N–H and O–H groups in total. The number of carbonyl (C=O) groups is 2. The lowest BCUT2D eigenvalue weighted by atomic mass is 10.0. The first kappa shape index (κ1) is 17.4. The van der Waals surface area contributed by atoms with Crippen molar-refractivity contribution in [2.75, 3.05) is 18.5 Å². The normalized spacial score (nSPS) is 17.2. The molecule has 25 heavy (non-hydrogen) atoms. The Morgan fingerprint density at radius 1 is 1.32 bits per heavy atom. The molecule has 0 bridgehead atoms. The Morgan fingerprint density at radius 2 is 2.12 bits per heavy atom. The molecule has 1 aliphatic heterocycles.